The van der Waals surface area contributed by atoms with Crippen LogP contribution in [0.5, 0.6) is 0 Å². The van der Waals surface area contributed by atoms with Crippen molar-refractivity contribution in [3.8, 4) is 11.8 Å². The average Bonchev–Trinajstić information content (AvgIpc) is 2.42. The summed E-state index contributed by atoms with van der Waals surface area (Å²) in [6, 6.07) is 7.33. The van der Waals surface area contributed by atoms with Crippen LogP contribution in [0.2, 0.25) is 0 Å². The highest BCUT2D eigenvalue weighted by Crippen LogP contribution is 2.21. The highest BCUT2D eigenvalue weighted by atomic mass is 32.2. The number of hydrogen-bond donors (Lipinski definition) is 1. The molecule has 1 aromatic rings. The fourth-order valence-electron chi connectivity index (χ4n) is 2.01. The van der Waals surface area contributed by atoms with Gasteiger partial charge >= 0.3 is 0 Å². The van der Waals surface area contributed by atoms with E-state index in [0.29, 0.717) is 4.90 Å². The third-order valence-corrected chi connectivity index (χ3v) is 4.17. The van der Waals surface area contributed by atoms with Gasteiger partial charge in [0, 0.05) is 18.7 Å². The van der Waals surface area contributed by atoms with Gasteiger partial charge in [0.15, 0.2) is 9.84 Å². The van der Waals surface area contributed by atoms with Crippen molar-refractivity contribution in [2.45, 2.75) is 44.0 Å². The molecule has 1 rings (SSSR count). The second-order valence-corrected chi connectivity index (χ2v) is 6.83. The number of sulfone groups is 1. The van der Waals surface area contributed by atoms with Crippen LogP contribution in [0.1, 0.15) is 44.7 Å². The van der Waals surface area contributed by atoms with Gasteiger partial charge in [-0.2, -0.15) is 0 Å². The third-order valence-electron chi connectivity index (χ3n) is 3.06. The lowest BCUT2D eigenvalue weighted by atomic mass is 10.0. The summed E-state index contributed by atoms with van der Waals surface area (Å²) in [5, 5.41) is 3.46. The SMILES string of the molecule is CC#CCCC(NCCC)c1cccc(S(C)(=O)=O)c1. The van der Waals surface area contributed by atoms with Crippen LogP contribution in [0.4, 0.5) is 0 Å². The van der Waals surface area contributed by atoms with Crippen molar-refractivity contribution < 1.29 is 8.42 Å². The van der Waals surface area contributed by atoms with Gasteiger partial charge in [0.05, 0.1) is 4.90 Å². The zero-order valence-corrected chi connectivity index (χ0v) is 13.3. The summed E-state index contributed by atoms with van der Waals surface area (Å²) in [7, 11) is -3.16. The second kappa shape index (κ2) is 8.08. The van der Waals surface area contributed by atoms with Crippen molar-refractivity contribution in [3.63, 3.8) is 0 Å². The third kappa shape index (κ3) is 5.36. The van der Waals surface area contributed by atoms with Crippen molar-refractivity contribution in [2.24, 2.45) is 0 Å². The molecule has 0 aliphatic rings. The van der Waals surface area contributed by atoms with Crippen LogP contribution >= 0.6 is 0 Å². The molecule has 1 atom stereocenters. The van der Waals surface area contributed by atoms with E-state index in [1.54, 1.807) is 18.2 Å². The maximum absolute atomic E-state index is 11.6. The van der Waals surface area contributed by atoms with Crippen LogP contribution < -0.4 is 5.32 Å². The van der Waals surface area contributed by atoms with E-state index in [1.807, 2.05) is 13.0 Å². The van der Waals surface area contributed by atoms with Crippen LogP contribution in [-0.2, 0) is 9.84 Å². The molecule has 0 aromatic heterocycles. The molecule has 4 heteroatoms. The van der Waals surface area contributed by atoms with Crippen LogP contribution in [-0.4, -0.2) is 21.2 Å². The standard InChI is InChI=1S/C16H23NO2S/c1-4-6-7-11-16(17-12-5-2)14-9-8-10-15(13-14)20(3,18)19/h8-10,13,16-17H,5,7,11-12H2,1-3H3. The molecule has 1 N–H and O–H groups in total. The lowest BCUT2D eigenvalue weighted by molar-refractivity contribution is 0.504. The summed E-state index contributed by atoms with van der Waals surface area (Å²) in [5.74, 6) is 5.95. The predicted octanol–water partition coefficient (Wildman–Crippen LogP) is 2.93. The van der Waals surface area contributed by atoms with E-state index >= 15 is 0 Å². The lowest BCUT2D eigenvalue weighted by Crippen LogP contribution is -2.22. The highest BCUT2D eigenvalue weighted by molar-refractivity contribution is 7.90. The lowest BCUT2D eigenvalue weighted by Gasteiger charge is -2.18. The summed E-state index contributed by atoms with van der Waals surface area (Å²) in [4.78, 5) is 0.375. The number of rotatable bonds is 7. The molecular weight excluding hydrogens is 270 g/mol. The Morgan fingerprint density at radius 3 is 2.70 bits per heavy atom. The molecule has 3 nitrogen and oxygen atoms in total. The molecule has 1 unspecified atom stereocenters. The number of nitrogens with one attached hydrogen (secondary N) is 1. The molecule has 110 valence electrons. The summed E-state index contributed by atoms with van der Waals surface area (Å²) >= 11 is 0. The first-order valence-electron chi connectivity index (χ1n) is 6.92. The zero-order chi connectivity index (χ0) is 15.0. The topological polar surface area (TPSA) is 46.2 Å². The largest absolute Gasteiger partial charge is 0.310 e. The van der Waals surface area contributed by atoms with Gasteiger partial charge in [-0.1, -0.05) is 19.1 Å². The fraction of sp³-hybridized carbons (Fsp3) is 0.500. The summed E-state index contributed by atoms with van der Waals surface area (Å²) in [5.41, 5.74) is 1.01. The highest BCUT2D eigenvalue weighted by Gasteiger charge is 2.13. The molecule has 0 aliphatic carbocycles. The van der Waals surface area contributed by atoms with Gasteiger partial charge in [0.1, 0.15) is 0 Å². The van der Waals surface area contributed by atoms with Gasteiger partial charge in [-0.25, -0.2) is 8.42 Å². The molecule has 0 saturated carbocycles. The van der Waals surface area contributed by atoms with Gasteiger partial charge in [-0.05, 0) is 44.0 Å². The summed E-state index contributed by atoms with van der Waals surface area (Å²) in [6.07, 6.45) is 3.97. The first kappa shape index (κ1) is 16.7. The number of hydrogen-bond acceptors (Lipinski definition) is 3. The first-order valence-corrected chi connectivity index (χ1v) is 8.81. The summed E-state index contributed by atoms with van der Waals surface area (Å²) < 4.78 is 23.3. The number of benzene rings is 1. The Morgan fingerprint density at radius 2 is 2.10 bits per heavy atom. The smallest absolute Gasteiger partial charge is 0.175 e. The Bertz CT molecular complexity index is 582. The summed E-state index contributed by atoms with van der Waals surface area (Å²) in [6.45, 7) is 4.86. The normalized spacial score (nSPS) is 12.6. The minimum Gasteiger partial charge on any atom is -0.310 e. The molecule has 0 heterocycles. The van der Waals surface area contributed by atoms with Crippen LogP contribution in [0.25, 0.3) is 0 Å². The van der Waals surface area contributed by atoms with Crippen molar-refractivity contribution in [1.82, 2.24) is 5.32 Å². The molecule has 0 aliphatic heterocycles. The van der Waals surface area contributed by atoms with Gasteiger partial charge in [0.2, 0.25) is 0 Å². The minimum atomic E-state index is -3.16. The molecular formula is C16H23NO2S. The van der Waals surface area contributed by atoms with Gasteiger partial charge in [-0.15, -0.1) is 11.8 Å². The Balaban J connectivity index is 2.96. The second-order valence-electron chi connectivity index (χ2n) is 4.82. The Morgan fingerprint density at radius 1 is 1.35 bits per heavy atom. The van der Waals surface area contributed by atoms with E-state index in [1.165, 1.54) is 6.26 Å². The maximum Gasteiger partial charge on any atom is 0.175 e. The van der Waals surface area contributed by atoms with Crippen molar-refractivity contribution in [1.29, 1.82) is 0 Å². The van der Waals surface area contributed by atoms with E-state index in [2.05, 4.69) is 24.1 Å². The van der Waals surface area contributed by atoms with E-state index in [4.69, 9.17) is 0 Å². The van der Waals surface area contributed by atoms with Crippen molar-refractivity contribution in [3.05, 3.63) is 29.8 Å². The molecule has 0 radical (unpaired) electrons. The molecule has 1 aromatic carbocycles. The maximum atomic E-state index is 11.6. The van der Waals surface area contributed by atoms with Gasteiger partial charge in [-0.3, -0.25) is 0 Å². The average molecular weight is 293 g/mol. The minimum absolute atomic E-state index is 0.150. The van der Waals surface area contributed by atoms with E-state index < -0.39 is 9.84 Å². The first-order chi connectivity index (χ1) is 9.49. The Labute approximate surface area is 122 Å². The fourth-order valence-corrected chi connectivity index (χ4v) is 2.68. The van der Waals surface area contributed by atoms with Gasteiger partial charge in [0.25, 0.3) is 0 Å². The van der Waals surface area contributed by atoms with Crippen molar-refractivity contribution in [2.75, 3.05) is 12.8 Å². The van der Waals surface area contributed by atoms with Crippen molar-refractivity contribution >= 4 is 9.84 Å². The molecule has 0 amide bonds. The molecule has 0 fully saturated rings. The van der Waals surface area contributed by atoms with Crippen LogP contribution in [0, 0.1) is 11.8 Å². The van der Waals surface area contributed by atoms with Gasteiger partial charge < -0.3 is 5.32 Å². The predicted molar refractivity (Wildman–Crippen MR) is 83.3 cm³/mol. The van der Waals surface area contributed by atoms with E-state index in [9.17, 15) is 8.42 Å². The zero-order valence-electron chi connectivity index (χ0n) is 12.4. The quantitative estimate of drug-likeness (QED) is 0.786. The molecule has 0 saturated heterocycles. The molecule has 0 spiro atoms. The monoisotopic (exact) mass is 293 g/mol. The Hall–Kier alpha value is -1.31. The van der Waals surface area contributed by atoms with Crippen LogP contribution in [0.3, 0.4) is 0 Å². The van der Waals surface area contributed by atoms with E-state index in [-0.39, 0.29) is 6.04 Å². The molecule has 20 heavy (non-hydrogen) atoms. The molecule has 0 bridgehead atoms. The Kier molecular flexibility index (Phi) is 6.77. The van der Waals surface area contributed by atoms with Crippen LogP contribution in [0.15, 0.2) is 29.2 Å². The van der Waals surface area contributed by atoms with E-state index in [0.717, 1.165) is 31.4 Å².